The monoisotopic (exact) mass is 577 g/mol. The fourth-order valence-electron chi connectivity index (χ4n) is 5.44. The van der Waals surface area contributed by atoms with Gasteiger partial charge in [-0.3, -0.25) is 19.4 Å². The summed E-state index contributed by atoms with van der Waals surface area (Å²) in [4.78, 5) is 47.6. The molecule has 6 rings (SSSR count). The number of esters is 1. The molecule has 0 spiro atoms. The Morgan fingerprint density at radius 2 is 1.86 bits per heavy atom. The van der Waals surface area contributed by atoms with Crippen molar-refractivity contribution in [2.45, 2.75) is 45.3 Å². The van der Waals surface area contributed by atoms with Crippen molar-refractivity contribution in [2.75, 3.05) is 22.1 Å². The summed E-state index contributed by atoms with van der Waals surface area (Å²) in [5, 5.41) is 6.06. The van der Waals surface area contributed by atoms with Crippen molar-refractivity contribution in [3.63, 3.8) is 0 Å². The molecule has 2 aliphatic rings. The smallest absolute Gasteiger partial charge is 0.303 e. The topological polar surface area (TPSA) is 123 Å². The highest BCUT2D eigenvalue weighted by Crippen LogP contribution is 2.44. The first-order chi connectivity index (χ1) is 20.8. The van der Waals surface area contributed by atoms with E-state index in [0.717, 1.165) is 46.7 Å². The summed E-state index contributed by atoms with van der Waals surface area (Å²) in [5.74, 6) is 0.463. The zero-order valence-corrected chi connectivity index (χ0v) is 23.9. The number of nitrogens with one attached hydrogen (secondary N) is 2. The van der Waals surface area contributed by atoms with E-state index in [1.54, 1.807) is 17.2 Å². The zero-order valence-electron chi connectivity index (χ0n) is 23.9. The van der Waals surface area contributed by atoms with Gasteiger partial charge in [0.1, 0.15) is 17.7 Å². The van der Waals surface area contributed by atoms with Gasteiger partial charge < -0.3 is 25.0 Å². The number of pyridine rings is 2. The van der Waals surface area contributed by atoms with E-state index in [4.69, 9.17) is 9.47 Å². The minimum atomic E-state index is -0.991. The fourth-order valence-corrected chi connectivity index (χ4v) is 5.44. The molecule has 10 heteroatoms. The van der Waals surface area contributed by atoms with Gasteiger partial charge in [-0.1, -0.05) is 30.3 Å². The van der Waals surface area contributed by atoms with Crippen molar-refractivity contribution in [1.29, 1.82) is 0 Å². The first kappa shape index (κ1) is 27.9. The number of hydrogen-bond donors (Lipinski definition) is 2. The van der Waals surface area contributed by atoms with Crippen LogP contribution in [-0.4, -0.2) is 40.4 Å². The van der Waals surface area contributed by atoms with Crippen molar-refractivity contribution in [3.05, 3.63) is 90.4 Å². The first-order valence-electron chi connectivity index (χ1n) is 14.2. The third-order valence-corrected chi connectivity index (χ3v) is 7.46. The Balaban J connectivity index is 1.17. The van der Waals surface area contributed by atoms with Gasteiger partial charge in [-0.15, -0.1) is 0 Å². The minimum absolute atomic E-state index is 0.135. The van der Waals surface area contributed by atoms with Gasteiger partial charge in [0.15, 0.2) is 6.10 Å². The number of nitrogens with zero attached hydrogens (tertiary/aromatic N) is 3. The van der Waals surface area contributed by atoms with E-state index < -0.39 is 18.0 Å². The van der Waals surface area contributed by atoms with E-state index in [1.807, 2.05) is 67.7 Å². The Bertz CT molecular complexity index is 1690. The number of carbonyl (C=O) groups excluding carboxylic acids is 3. The highest BCUT2D eigenvalue weighted by molar-refractivity contribution is 5.97. The number of hydrogen-bond acceptors (Lipinski definition) is 8. The Morgan fingerprint density at radius 1 is 1.05 bits per heavy atom. The highest BCUT2D eigenvalue weighted by Gasteiger charge is 2.28. The molecule has 0 saturated carbocycles. The van der Waals surface area contributed by atoms with Gasteiger partial charge in [0.25, 0.3) is 5.91 Å². The number of fused-ring (bicyclic) bond motifs is 3. The summed E-state index contributed by atoms with van der Waals surface area (Å²) in [6.07, 6.45) is 5.42. The molecule has 4 aromatic rings. The first-order valence-corrected chi connectivity index (χ1v) is 14.2. The summed E-state index contributed by atoms with van der Waals surface area (Å²) in [7, 11) is 0. The van der Waals surface area contributed by atoms with Crippen LogP contribution in [0.2, 0.25) is 0 Å². The van der Waals surface area contributed by atoms with Gasteiger partial charge in [-0.2, -0.15) is 0 Å². The second-order valence-corrected chi connectivity index (χ2v) is 10.6. The highest BCUT2D eigenvalue weighted by atomic mass is 16.5. The molecule has 2 aromatic carbocycles. The summed E-state index contributed by atoms with van der Waals surface area (Å²) in [6.45, 7) is 3.98. The Morgan fingerprint density at radius 3 is 2.63 bits per heavy atom. The molecule has 0 bridgehead atoms. The lowest BCUT2D eigenvalue weighted by Crippen LogP contribution is -2.33. The Hall–Kier alpha value is -5.25. The molecule has 2 atom stereocenters. The van der Waals surface area contributed by atoms with Crippen LogP contribution in [0.3, 0.4) is 0 Å². The third kappa shape index (κ3) is 6.18. The van der Waals surface area contributed by atoms with Gasteiger partial charge in [0.2, 0.25) is 5.91 Å². The molecular formula is C33H31N5O5. The summed E-state index contributed by atoms with van der Waals surface area (Å²) in [5.41, 5.74) is 5.64. The third-order valence-electron chi connectivity index (χ3n) is 7.46. The van der Waals surface area contributed by atoms with Crippen LogP contribution in [-0.2, 0) is 25.5 Å². The molecule has 1 saturated heterocycles. The number of carbonyl (C=O) groups is 3. The number of rotatable bonds is 8. The quantitative estimate of drug-likeness (QED) is 0.260. The molecule has 4 heterocycles. The molecule has 0 aliphatic carbocycles. The van der Waals surface area contributed by atoms with Crippen molar-refractivity contribution >= 4 is 40.7 Å². The van der Waals surface area contributed by atoms with Crippen LogP contribution < -0.4 is 20.3 Å². The van der Waals surface area contributed by atoms with Crippen molar-refractivity contribution in [3.8, 4) is 16.9 Å². The van der Waals surface area contributed by atoms with Crippen LogP contribution >= 0.6 is 0 Å². The van der Waals surface area contributed by atoms with Crippen LogP contribution in [0.25, 0.3) is 11.1 Å². The molecule has 2 aliphatic heterocycles. The predicted molar refractivity (Wildman–Crippen MR) is 162 cm³/mol. The van der Waals surface area contributed by atoms with Crippen molar-refractivity contribution in [2.24, 2.45) is 0 Å². The summed E-state index contributed by atoms with van der Waals surface area (Å²) in [6, 6.07) is 18.9. The van der Waals surface area contributed by atoms with Crippen molar-refractivity contribution < 1.29 is 23.9 Å². The molecule has 43 heavy (non-hydrogen) atoms. The maximum Gasteiger partial charge on any atom is 0.303 e. The van der Waals surface area contributed by atoms with Gasteiger partial charge in [-0.25, -0.2) is 4.98 Å². The Labute approximate surface area is 249 Å². The Kier molecular flexibility index (Phi) is 7.74. The maximum atomic E-state index is 13.0. The molecule has 218 valence electrons. The molecule has 10 nitrogen and oxygen atoms in total. The normalized spacial score (nSPS) is 16.0. The zero-order chi connectivity index (χ0) is 29.9. The minimum Gasteiger partial charge on any atom is -0.485 e. The maximum absolute atomic E-state index is 13.0. The number of ether oxygens (including phenoxy) is 2. The van der Waals surface area contributed by atoms with Gasteiger partial charge in [0, 0.05) is 61.0 Å². The lowest BCUT2D eigenvalue weighted by molar-refractivity contribution is -0.151. The van der Waals surface area contributed by atoms with E-state index in [-0.39, 0.29) is 18.4 Å². The number of amides is 2. The summed E-state index contributed by atoms with van der Waals surface area (Å²) >= 11 is 0. The van der Waals surface area contributed by atoms with Gasteiger partial charge in [0.05, 0.1) is 23.8 Å². The predicted octanol–water partition coefficient (Wildman–Crippen LogP) is 5.58. The second kappa shape index (κ2) is 11.9. The molecular weight excluding hydrogens is 546 g/mol. The average Bonchev–Trinajstić information content (AvgIpc) is 3.43. The molecule has 2 amide bonds. The average molecular weight is 578 g/mol. The summed E-state index contributed by atoms with van der Waals surface area (Å²) < 4.78 is 11.6. The van der Waals surface area contributed by atoms with Crippen LogP contribution in [0.5, 0.6) is 5.75 Å². The number of anilines is 4. The van der Waals surface area contributed by atoms with Crippen molar-refractivity contribution in [1.82, 2.24) is 9.97 Å². The standard InChI is InChI=1S/C33H31N5O5/c1-20-27-16-31(35-19-28(27)26-11-10-25(15-29(26)42-20)38-12-6-9-32(38)40)36-23-14-24(18-34-17-23)37-33(41)30(43-21(2)39)13-22-7-4-3-5-8-22/h3-5,7-8,10-11,14-20,30H,6,9,12-13H2,1-2H3,(H,35,36)(H,37,41). The van der Waals surface area contributed by atoms with Crippen LogP contribution in [0.1, 0.15) is 43.9 Å². The SMILES string of the molecule is CC(=O)OC(Cc1ccccc1)C(=O)Nc1cncc(Nc2cc3c(cn2)-c2ccc(N4CCCC4=O)cc2OC3C)c1. The second-order valence-electron chi connectivity index (χ2n) is 10.6. The largest absolute Gasteiger partial charge is 0.485 e. The van der Waals surface area contributed by atoms with Gasteiger partial charge in [-0.05, 0) is 43.2 Å². The van der Waals surface area contributed by atoms with Gasteiger partial charge >= 0.3 is 5.97 Å². The van der Waals surface area contributed by atoms with E-state index in [0.29, 0.717) is 23.6 Å². The van der Waals surface area contributed by atoms with Crippen LogP contribution in [0, 0.1) is 0 Å². The van der Waals surface area contributed by atoms with E-state index in [2.05, 4.69) is 20.6 Å². The van der Waals surface area contributed by atoms with E-state index in [1.165, 1.54) is 13.1 Å². The van der Waals surface area contributed by atoms with Crippen LogP contribution in [0.4, 0.5) is 22.9 Å². The van der Waals surface area contributed by atoms with Crippen LogP contribution in [0.15, 0.2) is 79.3 Å². The van der Waals surface area contributed by atoms with E-state index >= 15 is 0 Å². The number of benzene rings is 2. The molecule has 1 fully saturated rings. The molecule has 2 aromatic heterocycles. The molecule has 0 radical (unpaired) electrons. The number of aromatic nitrogens is 2. The molecule has 2 N–H and O–H groups in total. The van der Waals surface area contributed by atoms with E-state index in [9.17, 15) is 14.4 Å². The lowest BCUT2D eigenvalue weighted by Gasteiger charge is -2.28. The molecule has 2 unspecified atom stereocenters. The lowest BCUT2D eigenvalue weighted by atomic mass is 9.94. The fraction of sp³-hybridized carbons (Fsp3) is 0.242.